The fraction of sp³-hybridized carbons (Fsp3) is 0.182. The zero-order valence-corrected chi connectivity index (χ0v) is 15.8. The first-order chi connectivity index (χ1) is 13.1. The molecule has 3 nitrogen and oxygen atoms in total. The Bertz CT molecular complexity index is 901. The van der Waals surface area contributed by atoms with Crippen LogP contribution in [0.5, 0.6) is 11.5 Å². The van der Waals surface area contributed by atoms with Crippen molar-refractivity contribution in [1.82, 2.24) is 0 Å². The first kappa shape index (κ1) is 19.1. The molecule has 0 fully saturated rings. The van der Waals surface area contributed by atoms with Crippen LogP contribution >= 0.6 is 11.6 Å². The van der Waals surface area contributed by atoms with Crippen molar-refractivity contribution in [3.05, 3.63) is 88.7 Å². The minimum atomic E-state index is -0.274. The number of anilines is 1. The first-order valence-corrected chi connectivity index (χ1v) is 9.14. The van der Waals surface area contributed by atoms with Gasteiger partial charge < -0.3 is 14.8 Å². The van der Waals surface area contributed by atoms with Gasteiger partial charge in [0.1, 0.15) is 12.4 Å². The Balaban J connectivity index is 1.68. The zero-order chi connectivity index (χ0) is 19.1. The Labute approximate surface area is 163 Å². The summed E-state index contributed by atoms with van der Waals surface area (Å²) in [6.07, 6.45) is 0. The lowest BCUT2D eigenvalue weighted by atomic mass is 10.2. The van der Waals surface area contributed by atoms with Crippen LogP contribution in [0.1, 0.15) is 18.1 Å². The van der Waals surface area contributed by atoms with E-state index < -0.39 is 0 Å². The predicted molar refractivity (Wildman–Crippen MR) is 107 cm³/mol. The van der Waals surface area contributed by atoms with Crippen molar-refractivity contribution in [3.63, 3.8) is 0 Å². The standard InChI is InChI=1S/C22H21ClFNO2/c1-2-26-22-12-16(14-25-20-8-4-6-18(23)13-20)9-10-21(22)27-15-17-5-3-7-19(24)11-17/h3-13,25H,2,14-15H2,1H3. The van der Waals surface area contributed by atoms with E-state index in [2.05, 4.69) is 5.32 Å². The fourth-order valence-electron chi connectivity index (χ4n) is 2.64. The van der Waals surface area contributed by atoms with Gasteiger partial charge in [0.25, 0.3) is 0 Å². The first-order valence-electron chi connectivity index (χ1n) is 8.76. The molecule has 3 aromatic carbocycles. The third kappa shape index (κ3) is 5.63. The molecule has 0 bridgehead atoms. The molecule has 0 aliphatic heterocycles. The van der Waals surface area contributed by atoms with E-state index in [0.29, 0.717) is 29.7 Å². The minimum absolute atomic E-state index is 0.274. The SMILES string of the molecule is CCOc1cc(CNc2cccc(Cl)c2)ccc1OCc1cccc(F)c1. The van der Waals surface area contributed by atoms with Crippen molar-refractivity contribution in [1.29, 1.82) is 0 Å². The second-order valence-corrected chi connectivity index (χ2v) is 6.43. The van der Waals surface area contributed by atoms with Crippen molar-refractivity contribution in [2.75, 3.05) is 11.9 Å². The Kier molecular flexibility index (Phi) is 6.55. The average Bonchev–Trinajstić information content (AvgIpc) is 2.66. The van der Waals surface area contributed by atoms with Crippen LogP contribution in [0.4, 0.5) is 10.1 Å². The third-order valence-electron chi connectivity index (χ3n) is 3.91. The molecule has 0 unspecified atom stereocenters. The summed E-state index contributed by atoms with van der Waals surface area (Å²) in [5.74, 6) is 1.02. The van der Waals surface area contributed by atoms with Gasteiger partial charge in [0.15, 0.2) is 11.5 Å². The number of hydrogen-bond acceptors (Lipinski definition) is 3. The fourth-order valence-corrected chi connectivity index (χ4v) is 2.83. The quantitative estimate of drug-likeness (QED) is 0.510. The Morgan fingerprint density at radius 2 is 1.74 bits per heavy atom. The largest absolute Gasteiger partial charge is 0.490 e. The molecule has 0 atom stereocenters. The molecule has 3 rings (SSSR count). The second-order valence-electron chi connectivity index (χ2n) is 6.00. The van der Waals surface area contributed by atoms with Crippen LogP contribution in [0.3, 0.4) is 0 Å². The molecule has 140 valence electrons. The molecule has 0 aromatic heterocycles. The van der Waals surface area contributed by atoms with E-state index in [9.17, 15) is 4.39 Å². The van der Waals surface area contributed by atoms with E-state index in [1.807, 2.05) is 55.5 Å². The van der Waals surface area contributed by atoms with Crippen molar-refractivity contribution in [2.24, 2.45) is 0 Å². The number of hydrogen-bond donors (Lipinski definition) is 1. The molecule has 0 radical (unpaired) electrons. The molecule has 0 saturated heterocycles. The summed E-state index contributed by atoms with van der Waals surface area (Å²) >= 11 is 6.01. The highest BCUT2D eigenvalue weighted by molar-refractivity contribution is 6.30. The Morgan fingerprint density at radius 3 is 2.52 bits per heavy atom. The average molecular weight is 386 g/mol. The molecule has 0 saturated carbocycles. The topological polar surface area (TPSA) is 30.5 Å². The molecular formula is C22H21ClFNO2. The predicted octanol–water partition coefficient (Wildman–Crippen LogP) is 6.07. The molecule has 0 aliphatic carbocycles. The maximum atomic E-state index is 13.3. The van der Waals surface area contributed by atoms with Gasteiger partial charge in [0.05, 0.1) is 6.61 Å². The second kappa shape index (κ2) is 9.28. The van der Waals surface area contributed by atoms with Gasteiger partial charge in [-0.1, -0.05) is 35.9 Å². The van der Waals surface area contributed by atoms with E-state index in [1.54, 1.807) is 6.07 Å². The van der Waals surface area contributed by atoms with Crippen molar-refractivity contribution >= 4 is 17.3 Å². The smallest absolute Gasteiger partial charge is 0.161 e. The molecule has 0 spiro atoms. The molecule has 27 heavy (non-hydrogen) atoms. The maximum Gasteiger partial charge on any atom is 0.161 e. The van der Waals surface area contributed by atoms with Gasteiger partial charge in [-0.2, -0.15) is 0 Å². The van der Waals surface area contributed by atoms with Crippen LogP contribution in [0.2, 0.25) is 5.02 Å². The number of benzene rings is 3. The van der Waals surface area contributed by atoms with E-state index >= 15 is 0 Å². The Morgan fingerprint density at radius 1 is 0.889 bits per heavy atom. The zero-order valence-electron chi connectivity index (χ0n) is 15.0. The lowest BCUT2D eigenvalue weighted by molar-refractivity contribution is 0.269. The number of ether oxygens (including phenoxy) is 2. The van der Waals surface area contributed by atoms with Crippen molar-refractivity contribution < 1.29 is 13.9 Å². The van der Waals surface area contributed by atoms with Crippen molar-refractivity contribution in [2.45, 2.75) is 20.1 Å². The summed E-state index contributed by atoms with van der Waals surface area (Å²) in [5, 5.41) is 4.02. The van der Waals surface area contributed by atoms with E-state index in [4.69, 9.17) is 21.1 Å². The highest BCUT2D eigenvalue weighted by Crippen LogP contribution is 2.30. The van der Waals surface area contributed by atoms with Gasteiger partial charge in [-0.05, 0) is 60.5 Å². The molecule has 5 heteroatoms. The van der Waals surface area contributed by atoms with Gasteiger partial charge in [-0.25, -0.2) is 4.39 Å². The summed E-state index contributed by atoms with van der Waals surface area (Å²) in [7, 11) is 0. The van der Waals surface area contributed by atoms with Gasteiger partial charge >= 0.3 is 0 Å². The maximum absolute atomic E-state index is 13.3. The van der Waals surface area contributed by atoms with Crippen LogP contribution in [0, 0.1) is 5.82 Å². The summed E-state index contributed by atoms with van der Waals surface area (Å²) < 4.78 is 24.8. The third-order valence-corrected chi connectivity index (χ3v) is 4.15. The lowest BCUT2D eigenvalue weighted by Crippen LogP contribution is -2.03. The number of rotatable bonds is 8. The lowest BCUT2D eigenvalue weighted by Gasteiger charge is -2.14. The molecule has 0 amide bonds. The van der Waals surface area contributed by atoms with Gasteiger partial charge in [0, 0.05) is 17.3 Å². The van der Waals surface area contributed by atoms with E-state index in [1.165, 1.54) is 12.1 Å². The normalized spacial score (nSPS) is 10.5. The van der Waals surface area contributed by atoms with E-state index in [-0.39, 0.29) is 12.4 Å². The summed E-state index contributed by atoms with van der Waals surface area (Å²) in [6.45, 7) is 3.36. The van der Waals surface area contributed by atoms with Crippen LogP contribution in [0.15, 0.2) is 66.7 Å². The molecule has 1 N–H and O–H groups in total. The van der Waals surface area contributed by atoms with Gasteiger partial charge in [-0.15, -0.1) is 0 Å². The highest BCUT2D eigenvalue weighted by atomic mass is 35.5. The highest BCUT2D eigenvalue weighted by Gasteiger charge is 2.08. The van der Waals surface area contributed by atoms with Crippen molar-refractivity contribution in [3.8, 4) is 11.5 Å². The molecule has 3 aromatic rings. The summed E-state index contributed by atoms with van der Waals surface area (Å²) in [6, 6.07) is 19.7. The van der Waals surface area contributed by atoms with Crippen LogP contribution < -0.4 is 14.8 Å². The number of nitrogens with one attached hydrogen (secondary N) is 1. The van der Waals surface area contributed by atoms with Crippen LogP contribution in [-0.4, -0.2) is 6.61 Å². The van der Waals surface area contributed by atoms with Gasteiger partial charge in [0.2, 0.25) is 0 Å². The van der Waals surface area contributed by atoms with Crippen LogP contribution in [-0.2, 0) is 13.2 Å². The Hall–Kier alpha value is -2.72. The molecular weight excluding hydrogens is 365 g/mol. The molecule has 0 aliphatic rings. The number of halogens is 2. The monoisotopic (exact) mass is 385 g/mol. The summed E-state index contributed by atoms with van der Waals surface area (Å²) in [4.78, 5) is 0. The van der Waals surface area contributed by atoms with E-state index in [0.717, 1.165) is 16.8 Å². The summed E-state index contributed by atoms with van der Waals surface area (Å²) in [5.41, 5.74) is 2.77. The van der Waals surface area contributed by atoms with Gasteiger partial charge in [-0.3, -0.25) is 0 Å². The molecule has 0 heterocycles. The minimum Gasteiger partial charge on any atom is -0.490 e. The van der Waals surface area contributed by atoms with Crippen LogP contribution in [0.25, 0.3) is 0 Å².